The van der Waals surface area contributed by atoms with E-state index in [-0.39, 0.29) is 34.2 Å². The van der Waals surface area contributed by atoms with Crippen molar-refractivity contribution in [1.82, 2.24) is 4.90 Å². The number of ether oxygens (including phenoxy) is 3. The van der Waals surface area contributed by atoms with Crippen LogP contribution in [-0.4, -0.2) is 61.2 Å². The lowest BCUT2D eigenvalue weighted by molar-refractivity contribution is -0.302. The van der Waals surface area contributed by atoms with Gasteiger partial charge < -0.3 is 24.2 Å². The Bertz CT molecular complexity index is 903. The van der Waals surface area contributed by atoms with Gasteiger partial charge in [-0.25, -0.2) is 0 Å². The molecular weight excluding hydrogens is 342 g/mol. The van der Waals surface area contributed by atoms with E-state index in [9.17, 15) is 5.11 Å². The number of phenols is 1. The fourth-order valence-electron chi connectivity index (χ4n) is 8.97. The Morgan fingerprint density at radius 3 is 2.96 bits per heavy atom. The lowest BCUT2D eigenvalue weighted by Crippen LogP contribution is -2.84. The second-order valence-corrected chi connectivity index (χ2v) is 10.3. The number of likely N-dealkylation sites (N-methyl/N-ethyl adjacent to an activating group) is 1. The number of aromatic hydroxyl groups is 1. The van der Waals surface area contributed by atoms with Crippen LogP contribution < -0.4 is 4.74 Å². The minimum Gasteiger partial charge on any atom is -0.504 e. The second-order valence-electron chi connectivity index (χ2n) is 10.3. The molecule has 3 saturated carbocycles. The number of piperidine rings is 1. The van der Waals surface area contributed by atoms with Gasteiger partial charge in [-0.05, 0) is 50.9 Å². The number of rotatable bonds is 1. The molecule has 27 heavy (non-hydrogen) atoms. The van der Waals surface area contributed by atoms with Gasteiger partial charge in [0.2, 0.25) is 0 Å². The minimum absolute atomic E-state index is 0.0512. The Kier molecular flexibility index (Phi) is 2.41. The zero-order valence-corrected chi connectivity index (χ0v) is 16.2. The van der Waals surface area contributed by atoms with Crippen LogP contribution in [0.15, 0.2) is 12.1 Å². The first kappa shape index (κ1) is 15.6. The van der Waals surface area contributed by atoms with E-state index in [1.807, 2.05) is 13.2 Å². The monoisotopic (exact) mass is 369 g/mol. The zero-order chi connectivity index (χ0) is 18.4. The number of hydrogen-bond acceptors (Lipinski definition) is 5. The van der Waals surface area contributed by atoms with E-state index < -0.39 is 5.60 Å². The molecule has 2 spiro atoms. The molecule has 7 aliphatic rings. The summed E-state index contributed by atoms with van der Waals surface area (Å²) in [5.41, 5.74) is 2.25. The van der Waals surface area contributed by atoms with Crippen molar-refractivity contribution in [3.8, 4) is 11.5 Å². The van der Waals surface area contributed by atoms with Crippen molar-refractivity contribution in [3.63, 3.8) is 0 Å². The summed E-state index contributed by atoms with van der Waals surface area (Å²) in [7, 11) is 4.14. The molecule has 2 unspecified atom stereocenters. The van der Waals surface area contributed by atoms with Gasteiger partial charge in [-0.15, -0.1) is 0 Å². The van der Waals surface area contributed by atoms with E-state index in [0.717, 1.165) is 44.6 Å². The number of phenolic OH excluding ortho intramolecular Hbond substituents is 1. The molecule has 5 fully saturated rings. The minimum atomic E-state index is -0.435. The SMILES string of the molecule is CO[C@@]12C3C[C@@]4(CC1(C)CO3)[C@H]1Cc3ccc(O)c5c3[C@@]4(CCN1C)[C@H]2O5. The van der Waals surface area contributed by atoms with Crippen molar-refractivity contribution in [2.45, 2.75) is 61.9 Å². The summed E-state index contributed by atoms with van der Waals surface area (Å²) in [6.07, 6.45) is 4.27. The maximum atomic E-state index is 10.7. The molecule has 1 aromatic rings. The number of nitrogens with zero attached hydrogens (tertiary/aromatic N) is 1. The maximum Gasteiger partial charge on any atom is 0.165 e. The van der Waals surface area contributed by atoms with Crippen molar-refractivity contribution in [1.29, 1.82) is 0 Å². The molecule has 1 N–H and O–H groups in total. The Morgan fingerprint density at radius 2 is 2.19 bits per heavy atom. The van der Waals surface area contributed by atoms with Crippen LogP contribution in [0, 0.1) is 10.8 Å². The molecule has 3 heterocycles. The molecule has 1 aromatic carbocycles. The van der Waals surface area contributed by atoms with Gasteiger partial charge in [0.25, 0.3) is 0 Å². The number of methoxy groups -OCH3 is 1. The standard InChI is InChI=1S/C22H27NO4/c1-19-10-20-9-15(26-11-19)22(19,25-3)18-21(20)6-7-23(2)14(20)8-12-4-5-13(24)17(27-18)16(12)21/h4-5,14-15,18,24H,6-11H2,1-3H3/t14-,15?,18-,19?,20-,21+,22-/m1/s1. The Hall–Kier alpha value is -1.30. The number of likely N-dealkylation sites (tertiary alicyclic amines) is 1. The van der Waals surface area contributed by atoms with Gasteiger partial charge in [-0.3, -0.25) is 0 Å². The summed E-state index contributed by atoms with van der Waals surface area (Å²) in [4.78, 5) is 2.59. The normalized spacial score (nSPS) is 53.4. The van der Waals surface area contributed by atoms with Gasteiger partial charge in [0.05, 0.1) is 12.7 Å². The third-order valence-electron chi connectivity index (χ3n) is 9.69. The summed E-state index contributed by atoms with van der Waals surface area (Å²) in [5, 5.41) is 10.7. The fraction of sp³-hybridized carbons (Fsp3) is 0.727. The van der Waals surface area contributed by atoms with Crippen molar-refractivity contribution in [3.05, 3.63) is 23.3 Å². The fourth-order valence-corrected chi connectivity index (χ4v) is 8.97. The topological polar surface area (TPSA) is 51.2 Å². The Labute approximate surface area is 159 Å². The lowest BCUT2D eigenvalue weighted by atomic mass is 9.32. The first-order valence-electron chi connectivity index (χ1n) is 10.3. The van der Waals surface area contributed by atoms with Crippen LogP contribution in [0.4, 0.5) is 0 Å². The summed E-state index contributed by atoms with van der Waals surface area (Å²) < 4.78 is 19.6. The average Bonchev–Trinajstić information content (AvgIpc) is 3.08. The highest BCUT2D eigenvalue weighted by atomic mass is 16.6. The predicted molar refractivity (Wildman–Crippen MR) is 98.2 cm³/mol. The second kappa shape index (κ2) is 4.17. The molecule has 7 atom stereocenters. The first-order valence-corrected chi connectivity index (χ1v) is 10.3. The van der Waals surface area contributed by atoms with Gasteiger partial charge in [0.1, 0.15) is 11.7 Å². The Balaban J connectivity index is 1.62. The van der Waals surface area contributed by atoms with E-state index in [1.54, 1.807) is 0 Å². The number of hydrogen-bond donors (Lipinski definition) is 1. The third kappa shape index (κ3) is 1.23. The van der Waals surface area contributed by atoms with E-state index in [4.69, 9.17) is 14.2 Å². The molecule has 0 amide bonds. The summed E-state index contributed by atoms with van der Waals surface area (Å²) in [5.74, 6) is 1.02. The molecule has 5 heteroatoms. The molecular formula is C22H27NO4. The van der Waals surface area contributed by atoms with Gasteiger partial charge in [-0.1, -0.05) is 13.0 Å². The summed E-state index contributed by atoms with van der Waals surface area (Å²) >= 11 is 0. The summed E-state index contributed by atoms with van der Waals surface area (Å²) in [6, 6.07) is 4.46. The van der Waals surface area contributed by atoms with Crippen LogP contribution in [0.3, 0.4) is 0 Å². The smallest absolute Gasteiger partial charge is 0.165 e. The van der Waals surface area contributed by atoms with Crippen LogP contribution >= 0.6 is 0 Å². The van der Waals surface area contributed by atoms with Crippen molar-refractivity contribution >= 4 is 0 Å². The van der Waals surface area contributed by atoms with Crippen LogP contribution in [0.2, 0.25) is 0 Å². The van der Waals surface area contributed by atoms with Gasteiger partial charge in [0, 0.05) is 35.0 Å². The zero-order valence-electron chi connectivity index (χ0n) is 16.2. The Morgan fingerprint density at radius 1 is 1.33 bits per heavy atom. The molecule has 4 aliphatic carbocycles. The van der Waals surface area contributed by atoms with E-state index in [1.165, 1.54) is 11.1 Å². The predicted octanol–water partition coefficient (Wildman–Crippen LogP) is 2.24. The molecule has 144 valence electrons. The highest BCUT2D eigenvalue weighted by Crippen LogP contribution is 2.80. The number of benzene rings is 1. The largest absolute Gasteiger partial charge is 0.504 e. The van der Waals surface area contributed by atoms with Gasteiger partial charge in [0.15, 0.2) is 11.5 Å². The van der Waals surface area contributed by atoms with Crippen LogP contribution in [0.1, 0.15) is 37.3 Å². The summed E-state index contributed by atoms with van der Waals surface area (Å²) in [6.45, 7) is 4.17. The molecule has 0 radical (unpaired) electrons. The van der Waals surface area contributed by atoms with Crippen LogP contribution in [-0.2, 0) is 21.3 Å². The van der Waals surface area contributed by atoms with Gasteiger partial charge in [-0.2, -0.15) is 0 Å². The molecule has 3 aliphatic heterocycles. The quantitative estimate of drug-likeness (QED) is 0.823. The van der Waals surface area contributed by atoms with E-state index >= 15 is 0 Å². The first-order chi connectivity index (χ1) is 12.9. The lowest BCUT2D eigenvalue weighted by Gasteiger charge is -2.75. The van der Waals surface area contributed by atoms with E-state index in [2.05, 4.69) is 24.9 Å². The van der Waals surface area contributed by atoms with Crippen molar-refractivity contribution in [2.24, 2.45) is 10.8 Å². The van der Waals surface area contributed by atoms with Crippen LogP contribution in [0.25, 0.3) is 0 Å². The maximum absolute atomic E-state index is 10.7. The molecule has 5 nitrogen and oxygen atoms in total. The van der Waals surface area contributed by atoms with Crippen LogP contribution in [0.5, 0.6) is 11.5 Å². The van der Waals surface area contributed by atoms with Gasteiger partial charge >= 0.3 is 0 Å². The van der Waals surface area contributed by atoms with Crippen molar-refractivity contribution < 1.29 is 19.3 Å². The molecule has 8 rings (SSSR count). The van der Waals surface area contributed by atoms with Crippen molar-refractivity contribution in [2.75, 3.05) is 27.3 Å². The molecule has 6 bridgehead atoms. The highest BCUT2D eigenvalue weighted by Gasteiger charge is 2.87. The third-order valence-corrected chi connectivity index (χ3v) is 9.69. The highest BCUT2D eigenvalue weighted by molar-refractivity contribution is 5.64. The van der Waals surface area contributed by atoms with E-state index in [0.29, 0.717) is 6.04 Å². The molecule has 2 saturated heterocycles. The molecule has 0 aromatic heterocycles. The average molecular weight is 369 g/mol.